The second-order valence-corrected chi connectivity index (χ2v) is 8.19. The zero-order chi connectivity index (χ0) is 22.1. The molecule has 0 amide bonds. The first-order valence-electron chi connectivity index (χ1n) is 9.19. The largest absolute Gasteiger partial charge is 0.303 e. The van der Waals surface area contributed by atoms with Gasteiger partial charge in [-0.25, -0.2) is 14.5 Å². The molecule has 0 unspecified atom stereocenters. The minimum atomic E-state index is -0.336. The van der Waals surface area contributed by atoms with E-state index in [9.17, 15) is 4.79 Å². The molecule has 2 heterocycles. The second-order valence-electron chi connectivity index (χ2n) is 6.91. The van der Waals surface area contributed by atoms with Crippen molar-refractivity contribution in [2.24, 2.45) is 5.10 Å². The maximum absolute atomic E-state index is 13.5. The first-order chi connectivity index (χ1) is 14.8. The fraction of sp³-hybridized carbons (Fsp3) is 0.0909. The third-order valence-electron chi connectivity index (χ3n) is 4.44. The molecule has 0 N–H and O–H groups in total. The van der Waals surface area contributed by atoms with Gasteiger partial charge in [-0.05, 0) is 29.8 Å². The Hall–Kier alpha value is -2.93. The lowest BCUT2D eigenvalue weighted by atomic mass is 10.1. The van der Waals surface area contributed by atoms with E-state index in [2.05, 4.69) is 10.1 Å². The van der Waals surface area contributed by atoms with Gasteiger partial charge in [0.1, 0.15) is 11.6 Å². The van der Waals surface area contributed by atoms with Crippen LogP contribution in [0.15, 0.2) is 64.6 Å². The Bertz CT molecular complexity index is 1350. The number of rotatable bonds is 4. The molecule has 0 bridgehead atoms. The molecule has 0 saturated heterocycles. The number of hydrogen-bond donors (Lipinski definition) is 0. The molecule has 4 rings (SSSR count). The summed E-state index contributed by atoms with van der Waals surface area (Å²) < 4.78 is 1.42. The highest BCUT2D eigenvalue weighted by Gasteiger charge is 2.17. The predicted octanol–water partition coefficient (Wildman–Crippen LogP) is 5.30. The van der Waals surface area contributed by atoms with Crippen LogP contribution in [0.5, 0.6) is 0 Å². The van der Waals surface area contributed by atoms with Crippen molar-refractivity contribution in [3.8, 4) is 17.2 Å². The Kier molecular flexibility index (Phi) is 5.96. The van der Waals surface area contributed by atoms with Crippen molar-refractivity contribution in [3.05, 3.63) is 85.7 Å². The number of nitrogens with zero attached hydrogens (tertiary/aromatic N) is 5. The van der Waals surface area contributed by atoms with Crippen LogP contribution in [0.2, 0.25) is 15.1 Å². The molecule has 0 saturated carbocycles. The molecule has 0 aliphatic carbocycles. The number of aromatic nitrogens is 3. The summed E-state index contributed by atoms with van der Waals surface area (Å²) in [7, 11) is 3.69. The van der Waals surface area contributed by atoms with Crippen LogP contribution in [0.3, 0.4) is 0 Å². The highest BCUT2D eigenvalue weighted by Crippen LogP contribution is 2.28. The minimum Gasteiger partial charge on any atom is -0.303 e. The van der Waals surface area contributed by atoms with E-state index in [4.69, 9.17) is 39.8 Å². The molecular weight excluding hydrogens is 457 g/mol. The van der Waals surface area contributed by atoms with Gasteiger partial charge in [0, 0.05) is 30.9 Å². The molecule has 2 aromatic carbocycles. The normalized spacial score (nSPS) is 11.4. The summed E-state index contributed by atoms with van der Waals surface area (Å²) in [5.74, 6) is 0.779. The lowest BCUT2D eigenvalue weighted by Crippen LogP contribution is -2.23. The molecule has 0 atom stereocenters. The third-order valence-corrected chi connectivity index (χ3v) is 5.17. The molecule has 0 radical (unpaired) electrons. The Morgan fingerprint density at radius 1 is 1.00 bits per heavy atom. The molecule has 2 aromatic heterocycles. The van der Waals surface area contributed by atoms with E-state index in [-0.39, 0.29) is 5.56 Å². The van der Waals surface area contributed by atoms with Gasteiger partial charge in [-0.15, -0.1) is 0 Å². The van der Waals surface area contributed by atoms with Crippen LogP contribution in [-0.2, 0) is 0 Å². The molecular formula is C22H16Cl3N5O. The Morgan fingerprint density at radius 3 is 2.39 bits per heavy atom. The van der Waals surface area contributed by atoms with Crippen LogP contribution in [0.1, 0.15) is 5.56 Å². The van der Waals surface area contributed by atoms with Crippen LogP contribution >= 0.6 is 34.8 Å². The van der Waals surface area contributed by atoms with Crippen molar-refractivity contribution in [1.29, 1.82) is 0 Å². The van der Waals surface area contributed by atoms with Gasteiger partial charge in [0.15, 0.2) is 0 Å². The zero-order valence-corrected chi connectivity index (χ0v) is 18.8. The van der Waals surface area contributed by atoms with Crippen molar-refractivity contribution in [3.63, 3.8) is 0 Å². The van der Waals surface area contributed by atoms with Crippen molar-refractivity contribution in [1.82, 2.24) is 19.5 Å². The van der Waals surface area contributed by atoms with Gasteiger partial charge < -0.3 is 5.01 Å². The van der Waals surface area contributed by atoms with Gasteiger partial charge in [-0.2, -0.15) is 5.10 Å². The molecule has 31 heavy (non-hydrogen) atoms. The highest BCUT2D eigenvalue weighted by atomic mass is 35.5. The number of hydrogen-bond acceptors (Lipinski definition) is 5. The molecule has 6 nitrogen and oxygen atoms in total. The summed E-state index contributed by atoms with van der Waals surface area (Å²) in [6, 6.07) is 13.9. The maximum Gasteiger partial charge on any atom is 0.267 e. The van der Waals surface area contributed by atoms with Crippen LogP contribution in [-0.4, -0.2) is 39.9 Å². The standard InChI is InChI=1S/C22H16Cl3N5O/c1-29(2)27-11-13-3-5-14(6-4-13)21-28-20-17(9-16(24)10-18(20)25)22(31)30(21)19-8-7-15(23)12-26-19/h3-12H,1-2H3/b27-11+. The zero-order valence-electron chi connectivity index (χ0n) is 16.6. The molecule has 9 heteroatoms. The first kappa shape index (κ1) is 21.3. The van der Waals surface area contributed by atoms with Crippen molar-refractivity contribution in [2.75, 3.05) is 14.1 Å². The molecule has 0 aliphatic rings. The van der Waals surface area contributed by atoms with E-state index in [1.165, 1.54) is 10.8 Å². The summed E-state index contributed by atoms with van der Waals surface area (Å²) in [5.41, 5.74) is 1.65. The summed E-state index contributed by atoms with van der Waals surface area (Å²) in [6.07, 6.45) is 3.22. The summed E-state index contributed by atoms with van der Waals surface area (Å²) in [5, 5.41) is 7.34. The molecule has 0 spiro atoms. The molecule has 0 aliphatic heterocycles. The number of benzene rings is 2. The van der Waals surface area contributed by atoms with E-state index < -0.39 is 0 Å². The van der Waals surface area contributed by atoms with Crippen LogP contribution in [0.25, 0.3) is 28.1 Å². The number of fused-ring (bicyclic) bond motifs is 1. The topological polar surface area (TPSA) is 63.4 Å². The Morgan fingerprint density at radius 2 is 1.74 bits per heavy atom. The van der Waals surface area contributed by atoms with Crippen molar-refractivity contribution < 1.29 is 0 Å². The van der Waals surface area contributed by atoms with Gasteiger partial charge in [0.25, 0.3) is 5.56 Å². The molecule has 156 valence electrons. The quantitative estimate of drug-likeness (QED) is 0.298. The van der Waals surface area contributed by atoms with Crippen LogP contribution < -0.4 is 5.56 Å². The number of hydrazone groups is 1. The second kappa shape index (κ2) is 8.67. The average molecular weight is 473 g/mol. The fourth-order valence-corrected chi connectivity index (χ4v) is 3.67. The summed E-state index contributed by atoms with van der Waals surface area (Å²) in [6.45, 7) is 0. The van der Waals surface area contributed by atoms with Gasteiger partial charge in [0.05, 0.1) is 27.2 Å². The summed E-state index contributed by atoms with van der Waals surface area (Å²) in [4.78, 5) is 22.5. The lowest BCUT2D eigenvalue weighted by molar-refractivity contribution is 0.440. The smallest absolute Gasteiger partial charge is 0.267 e. The van der Waals surface area contributed by atoms with E-state index >= 15 is 0 Å². The number of pyridine rings is 1. The molecule has 4 aromatic rings. The van der Waals surface area contributed by atoms with E-state index in [1.54, 1.807) is 35.5 Å². The van der Waals surface area contributed by atoms with Gasteiger partial charge in [-0.1, -0.05) is 59.1 Å². The van der Waals surface area contributed by atoms with Crippen molar-refractivity contribution in [2.45, 2.75) is 0 Å². The maximum atomic E-state index is 13.5. The SMILES string of the molecule is CN(C)/N=C/c1ccc(-c2nc3c(Cl)cc(Cl)cc3c(=O)n2-c2ccc(Cl)cn2)cc1. The minimum absolute atomic E-state index is 0.298. The fourth-order valence-electron chi connectivity index (χ4n) is 3.02. The van der Waals surface area contributed by atoms with Crippen LogP contribution in [0.4, 0.5) is 0 Å². The van der Waals surface area contributed by atoms with E-state index in [0.717, 1.165) is 5.56 Å². The Balaban J connectivity index is 1.98. The highest BCUT2D eigenvalue weighted by molar-refractivity contribution is 6.38. The van der Waals surface area contributed by atoms with Gasteiger partial charge >= 0.3 is 0 Å². The predicted molar refractivity (Wildman–Crippen MR) is 127 cm³/mol. The van der Waals surface area contributed by atoms with Crippen LogP contribution in [0, 0.1) is 0 Å². The summed E-state index contributed by atoms with van der Waals surface area (Å²) >= 11 is 18.5. The van der Waals surface area contributed by atoms with E-state index in [1.807, 2.05) is 38.4 Å². The van der Waals surface area contributed by atoms with Gasteiger partial charge in [-0.3, -0.25) is 4.79 Å². The Labute approximate surface area is 193 Å². The third kappa shape index (κ3) is 4.42. The van der Waals surface area contributed by atoms with Crippen molar-refractivity contribution >= 4 is 51.9 Å². The van der Waals surface area contributed by atoms with Gasteiger partial charge in [0.2, 0.25) is 0 Å². The molecule has 0 fully saturated rings. The average Bonchev–Trinajstić information content (AvgIpc) is 2.74. The lowest BCUT2D eigenvalue weighted by Gasteiger charge is -2.14. The number of halogens is 3. The monoisotopic (exact) mass is 471 g/mol. The first-order valence-corrected chi connectivity index (χ1v) is 10.3. The van der Waals surface area contributed by atoms with E-state index in [0.29, 0.717) is 43.2 Å².